The average molecular weight is 310 g/mol. The summed E-state index contributed by atoms with van der Waals surface area (Å²) < 4.78 is 1.84. The summed E-state index contributed by atoms with van der Waals surface area (Å²) in [4.78, 5) is 27.2. The normalized spacial score (nSPS) is 10.7. The fourth-order valence-electron chi connectivity index (χ4n) is 2.42. The summed E-state index contributed by atoms with van der Waals surface area (Å²) in [6, 6.07) is 10.3. The van der Waals surface area contributed by atoms with Crippen molar-refractivity contribution in [2.75, 3.05) is 0 Å². The Morgan fingerprint density at radius 2 is 2.13 bits per heavy atom. The number of nitrogens with one attached hydrogen (secondary N) is 1. The number of aryl methyl sites for hydroxylation is 1. The molecule has 7 heteroatoms. The lowest BCUT2D eigenvalue weighted by atomic mass is 10.1. The molecule has 3 rings (SSSR count). The van der Waals surface area contributed by atoms with E-state index in [9.17, 15) is 14.9 Å². The lowest BCUT2D eigenvalue weighted by molar-refractivity contribution is -0.385. The van der Waals surface area contributed by atoms with Gasteiger partial charge in [-0.05, 0) is 25.1 Å². The number of benzene rings is 1. The van der Waals surface area contributed by atoms with Crippen LogP contribution < -0.4 is 5.32 Å². The van der Waals surface area contributed by atoms with Crippen LogP contribution in [-0.2, 0) is 6.54 Å². The summed E-state index contributed by atoms with van der Waals surface area (Å²) >= 11 is 0. The van der Waals surface area contributed by atoms with Gasteiger partial charge >= 0.3 is 0 Å². The molecule has 0 unspecified atom stereocenters. The molecule has 1 amide bonds. The highest BCUT2D eigenvalue weighted by Gasteiger charge is 2.22. The van der Waals surface area contributed by atoms with Crippen LogP contribution in [0.5, 0.6) is 0 Å². The highest BCUT2D eigenvalue weighted by atomic mass is 16.6. The number of aromatic nitrogens is 2. The van der Waals surface area contributed by atoms with Crippen molar-refractivity contribution in [3.05, 3.63) is 75.7 Å². The molecular weight excluding hydrogens is 296 g/mol. The second-order valence-corrected chi connectivity index (χ2v) is 5.11. The van der Waals surface area contributed by atoms with E-state index in [2.05, 4.69) is 10.3 Å². The number of nitro groups is 1. The van der Waals surface area contributed by atoms with Crippen LogP contribution in [0.1, 0.15) is 21.6 Å². The SMILES string of the molecule is Cc1cccc(C(=O)NCc2cn3ccccc3n2)c1[N+](=O)[O-]. The van der Waals surface area contributed by atoms with Gasteiger partial charge in [0.1, 0.15) is 11.2 Å². The first kappa shape index (κ1) is 14.7. The molecule has 0 aliphatic heterocycles. The highest BCUT2D eigenvalue weighted by molar-refractivity contribution is 5.98. The van der Waals surface area contributed by atoms with Gasteiger partial charge in [-0.25, -0.2) is 4.98 Å². The van der Waals surface area contributed by atoms with Gasteiger partial charge in [0.25, 0.3) is 11.6 Å². The van der Waals surface area contributed by atoms with Gasteiger partial charge in [0.2, 0.25) is 0 Å². The molecule has 0 radical (unpaired) electrons. The van der Waals surface area contributed by atoms with E-state index in [0.29, 0.717) is 11.3 Å². The second kappa shape index (κ2) is 5.88. The largest absolute Gasteiger partial charge is 0.346 e. The summed E-state index contributed by atoms with van der Waals surface area (Å²) in [5, 5.41) is 13.8. The van der Waals surface area contributed by atoms with Crippen molar-refractivity contribution in [1.29, 1.82) is 0 Å². The number of hydrogen-bond acceptors (Lipinski definition) is 4. The van der Waals surface area contributed by atoms with Gasteiger partial charge in [-0.1, -0.05) is 18.2 Å². The van der Waals surface area contributed by atoms with Gasteiger partial charge < -0.3 is 9.72 Å². The predicted molar refractivity (Wildman–Crippen MR) is 84.2 cm³/mol. The van der Waals surface area contributed by atoms with Gasteiger partial charge in [0, 0.05) is 18.0 Å². The average Bonchev–Trinajstić information content (AvgIpc) is 2.94. The number of imidazole rings is 1. The zero-order valence-corrected chi connectivity index (χ0v) is 12.4. The number of carbonyl (C=O) groups excluding carboxylic acids is 1. The van der Waals surface area contributed by atoms with E-state index in [-0.39, 0.29) is 17.8 Å². The molecule has 0 atom stereocenters. The molecule has 23 heavy (non-hydrogen) atoms. The molecule has 2 aromatic heterocycles. The monoisotopic (exact) mass is 310 g/mol. The number of nitro benzene ring substituents is 1. The van der Waals surface area contributed by atoms with Crippen molar-refractivity contribution in [2.45, 2.75) is 13.5 Å². The number of carbonyl (C=O) groups is 1. The molecule has 116 valence electrons. The van der Waals surface area contributed by atoms with Crippen molar-refractivity contribution < 1.29 is 9.72 Å². The molecule has 2 heterocycles. The second-order valence-electron chi connectivity index (χ2n) is 5.11. The smallest absolute Gasteiger partial charge is 0.285 e. The van der Waals surface area contributed by atoms with Gasteiger partial charge in [-0.2, -0.15) is 0 Å². The first-order valence-electron chi connectivity index (χ1n) is 7.01. The van der Waals surface area contributed by atoms with Crippen LogP contribution in [0.15, 0.2) is 48.8 Å². The summed E-state index contributed by atoms with van der Waals surface area (Å²) in [7, 11) is 0. The molecule has 0 fully saturated rings. The number of para-hydroxylation sites is 1. The van der Waals surface area contributed by atoms with Crippen LogP contribution in [0.4, 0.5) is 5.69 Å². The van der Waals surface area contributed by atoms with E-state index in [1.165, 1.54) is 6.07 Å². The Kier molecular flexibility index (Phi) is 3.76. The van der Waals surface area contributed by atoms with Crippen molar-refractivity contribution in [1.82, 2.24) is 14.7 Å². The fraction of sp³-hybridized carbons (Fsp3) is 0.125. The van der Waals surface area contributed by atoms with Crippen molar-refractivity contribution in [2.24, 2.45) is 0 Å². The lowest BCUT2D eigenvalue weighted by Crippen LogP contribution is -2.24. The summed E-state index contributed by atoms with van der Waals surface area (Å²) in [5.74, 6) is -0.488. The standard InChI is InChI=1S/C16H14N4O3/c1-11-5-4-6-13(15(11)20(22)23)16(21)17-9-12-10-19-8-3-2-7-14(19)18-12/h2-8,10H,9H2,1H3,(H,17,21). The summed E-state index contributed by atoms with van der Waals surface area (Å²) in [5.41, 5.74) is 1.80. The van der Waals surface area contributed by atoms with Crippen LogP contribution in [0.2, 0.25) is 0 Å². The summed E-state index contributed by atoms with van der Waals surface area (Å²) in [6.07, 6.45) is 3.67. The van der Waals surface area contributed by atoms with Crippen molar-refractivity contribution >= 4 is 17.2 Å². The van der Waals surface area contributed by atoms with Crippen LogP contribution in [0, 0.1) is 17.0 Å². The van der Waals surface area contributed by atoms with Gasteiger partial charge in [-0.15, -0.1) is 0 Å². The third-order valence-electron chi connectivity index (χ3n) is 3.51. The van der Waals surface area contributed by atoms with Crippen LogP contribution in [0.25, 0.3) is 5.65 Å². The number of nitrogens with zero attached hydrogens (tertiary/aromatic N) is 3. The first-order valence-corrected chi connectivity index (χ1v) is 7.01. The number of fused-ring (bicyclic) bond motifs is 1. The Hall–Kier alpha value is -3.22. The van der Waals surface area contributed by atoms with Gasteiger partial charge in [0.05, 0.1) is 17.2 Å². The van der Waals surface area contributed by atoms with E-state index in [4.69, 9.17) is 0 Å². The van der Waals surface area contributed by atoms with Crippen LogP contribution >= 0.6 is 0 Å². The Morgan fingerprint density at radius 3 is 2.87 bits per heavy atom. The molecule has 3 aromatic rings. The van der Waals surface area contributed by atoms with E-state index < -0.39 is 10.8 Å². The molecule has 1 aromatic carbocycles. The molecule has 0 aliphatic rings. The molecule has 0 saturated heterocycles. The zero-order valence-electron chi connectivity index (χ0n) is 12.4. The number of amides is 1. The van der Waals surface area contributed by atoms with E-state index >= 15 is 0 Å². The van der Waals surface area contributed by atoms with Crippen molar-refractivity contribution in [3.8, 4) is 0 Å². The lowest BCUT2D eigenvalue weighted by Gasteiger charge is -2.05. The Bertz CT molecular complexity index is 868. The maximum Gasteiger partial charge on any atom is 0.285 e. The maximum atomic E-state index is 12.3. The molecular formula is C16H14N4O3. The van der Waals surface area contributed by atoms with Gasteiger partial charge in [0.15, 0.2) is 0 Å². The minimum atomic E-state index is -0.533. The molecule has 7 nitrogen and oxygen atoms in total. The maximum absolute atomic E-state index is 12.3. The minimum Gasteiger partial charge on any atom is -0.346 e. The molecule has 0 aliphatic carbocycles. The third kappa shape index (κ3) is 2.89. The molecule has 0 spiro atoms. The third-order valence-corrected chi connectivity index (χ3v) is 3.51. The topological polar surface area (TPSA) is 89.5 Å². The number of rotatable bonds is 4. The Morgan fingerprint density at radius 1 is 1.30 bits per heavy atom. The first-order chi connectivity index (χ1) is 11.1. The minimum absolute atomic E-state index is 0.0544. The number of hydrogen-bond donors (Lipinski definition) is 1. The molecule has 1 N–H and O–H groups in total. The zero-order chi connectivity index (χ0) is 16.4. The number of pyridine rings is 1. The Balaban J connectivity index is 1.80. The van der Waals surface area contributed by atoms with E-state index in [1.807, 2.05) is 28.8 Å². The van der Waals surface area contributed by atoms with Gasteiger partial charge in [-0.3, -0.25) is 14.9 Å². The fourth-order valence-corrected chi connectivity index (χ4v) is 2.42. The van der Waals surface area contributed by atoms with E-state index in [1.54, 1.807) is 25.3 Å². The van der Waals surface area contributed by atoms with Crippen molar-refractivity contribution in [3.63, 3.8) is 0 Å². The van der Waals surface area contributed by atoms with Crippen LogP contribution in [-0.4, -0.2) is 20.2 Å². The predicted octanol–water partition coefficient (Wildman–Crippen LogP) is 2.48. The summed E-state index contributed by atoms with van der Waals surface area (Å²) in [6.45, 7) is 1.81. The highest BCUT2D eigenvalue weighted by Crippen LogP contribution is 2.22. The Labute approximate surface area is 131 Å². The van der Waals surface area contributed by atoms with E-state index in [0.717, 1.165) is 5.65 Å². The molecule has 0 bridgehead atoms. The van der Waals surface area contributed by atoms with Crippen LogP contribution in [0.3, 0.4) is 0 Å². The quantitative estimate of drug-likeness (QED) is 0.592. The molecule has 0 saturated carbocycles.